The lowest BCUT2D eigenvalue weighted by Crippen LogP contribution is -2.45. The lowest BCUT2D eigenvalue weighted by Gasteiger charge is -2.20. The number of hydrogen-bond donors (Lipinski definition) is 3. The molecule has 0 spiro atoms. The minimum Gasteiger partial charge on any atom is -0.466 e. The lowest BCUT2D eigenvalue weighted by molar-refractivity contribution is -0.143. The van der Waals surface area contributed by atoms with Crippen molar-refractivity contribution in [2.45, 2.75) is 398 Å². The van der Waals surface area contributed by atoms with Crippen molar-refractivity contribution >= 4 is 11.9 Å². The quantitative estimate of drug-likeness (QED) is 0.0320. The third kappa shape index (κ3) is 61.6. The molecule has 0 fully saturated rings. The SMILES string of the molecule is CCCCCCCCCCCCCCCCCCCC/C=C/C(O)C(CO)NC(=O)CCCCCCCCC/C=C\CCCCCCCCCCCCOC(=O)CCCCCCCCCCCCCCCCCCCC. The molecule has 1 amide bonds. The summed E-state index contributed by atoms with van der Waals surface area (Å²) in [7, 11) is 0. The molecule has 76 heavy (non-hydrogen) atoms. The Hall–Kier alpha value is -1.66. The zero-order chi connectivity index (χ0) is 55.0. The molecule has 0 aliphatic rings. The molecule has 2 unspecified atom stereocenters. The smallest absolute Gasteiger partial charge is 0.305 e. The number of allylic oxidation sites excluding steroid dienone is 3. The highest BCUT2D eigenvalue weighted by Gasteiger charge is 2.18. The normalized spacial score (nSPS) is 12.6. The van der Waals surface area contributed by atoms with Gasteiger partial charge in [0.15, 0.2) is 0 Å². The highest BCUT2D eigenvalue weighted by Crippen LogP contribution is 2.18. The number of hydrogen-bond acceptors (Lipinski definition) is 5. The van der Waals surface area contributed by atoms with Crippen molar-refractivity contribution in [3.05, 3.63) is 24.3 Å². The summed E-state index contributed by atoms with van der Waals surface area (Å²) < 4.78 is 5.50. The van der Waals surface area contributed by atoms with Crippen molar-refractivity contribution in [2.24, 2.45) is 0 Å². The average molecular weight is 1070 g/mol. The van der Waals surface area contributed by atoms with Crippen molar-refractivity contribution in [1.82, 2.24) is 5.32 Å². The summed E-state index contributed by atoms with van der Waals surface area (Å²) in [5, 5.41) is 23.2. The first kappa shape index (κ1) is 74.3. The molecule has 0 rings (SSSR count). The van der Waals surface area contributed by atoms with E-state index in [0.29, 0.717) is 19.4 Å². The molecule has 0 aliphatic carbocycles. The van der Waals surface area contributed by atoms with E-state index in [9.17, 15) is 19.8 Å². The molecule has 3 N–H and O–H groups in total. The molecule has 0 aromatic carbocycles. The lowest BCUT2D eigenvalue weighted by atomic mass is 10.0. The van der Waals surface area contributed by atoms with Crippen LogP contribution in [-0.2, 0) is 14.3 Å². The monoisotopic (exact) mass is 1070 g/mol. The molecule has 6 heteroatoms. The fourth-order valence-electron chi connectivity index (χ4n) is 10.9. The van der Waals surface area contributed by atoms with Crippen LogP contribution in [0.3, 0.4) is 0 Å². The Labute approximate surface area is 475 Å². The Morgan fingerprint density at radius 1 is 0.355 bits per heavy atom. The molecule has 0 aliphatic heterocycles. The molecule has 0 heterocycles. The van der Waals surface area contributed by atoms with Crippen LogP contribution in [0.25, 0.3) is 0 Å². The highest BCUT2D eigenvalue weighted by atomic mass is 16.5. The number of nitrogens with one attached hydrogen (secondary N) is 1. The van der Waals surface area contributed by atoms with Gasteiger partial charge in [0.05, 0.1) is 25.4 Å². The van der Waals surface area contributed by atoms with Gasteiger partial charge in [-0.25, -0.2) is 0 Å². The first-order chi connectivity index (χ1) is 37.5. The van der Waals surface area contributed by atoms with Crippen LogP contribution in [0.5, 0.6) is 0 Å². The summed E-state index contributed by atoms with van der Waals surface area (Å²) in [6.07, 6.45) is 82.4. The van der Waals surface area contributed by atoms with Gasteiger partial charge in [0.25, 0.3) is 0 Å². The van der Waals surface area contributed by atoms with Crippen molar-refractivity contribution < 1.29 is 24.5 Å². The molecule has 2 atom stereocenters. The number of aliphatic hydroxyl groups excluding tert-OH is 2. The van der Waals surface area contributed by atoms with E-state index in [2.05, 4.69) is 31.3 Å². The Morgan fingerprint density at radius 2 is 0.618 bits per heavy atom. The number of carbonyl (C=O) groups is 2. The number of carbonyl (C=O) groups excluding carboxylic acids is 2. The number of aliphatic hydroxyl groups is 2. The summed E-state index contributed by atoms with van der Waals surface area (Å²) >= 11 is 0. The second kappa shape index (κ2) is 65.9. The van der Waals surface area contributed by atoms with Crippen LogP contribution < -0.4 is 5.32 Å². The topological polar surface area (TPSA) is 95.9 Å². The summed E-state index contributed by atoms with van der Waals surface area (Å²) in [6, 6.07) is -0.634. The third-order valence-corrected chi connectivity index (χ3v) is 16.2. The third-order valence-electron chi connectivity index (χ3n) is 16.2. The molecular weight excluding hydrogens is 935 g/mol. The molecule has 450 valence electrons. The minimum absolute atomic E-state index is 0.0128. The zero-order valence-electron chi connectivity index (χ0n) is 51.5. The van der Waals surface area contributed by atoms with E-state index in [1.807, 2.05) is 6.08 Å². The van der Waals surface area contributed by atoms with Gasteiger partial charge < -0.3 is 20.3 Å². The van der Waals surface area contributed by atoms with Crippen molar-refractivity contribution in [2.75, 3.05) is 13.2 Å². The second-order valence-electron chi connectivity index (χ2n) is 23.9. The van der Waals surface area contributed by atoms with E-state index >= 15 is 0 Å². The first-order valence-electron chi connectivity index (χ1n) is 34.6. The van der Waals surface area contributed by atoms with Crippen molar-refractivity contribution in [3.63, 3.8) is 0 Å². The van der Waals surface area contributed by atoms with Crippen molar-refractivity contribution in [3.8, 4) is 0 Å². The van der Waals surface area contributed by atoms with E-state index in [0.717, 1.165) is 44.9 Å². The van der Waals surface area contributed by atoms with Crippen LogP contribution >= 0.6 is 0 Å². The van der Waals surface area contributed by atoms with Gasteiger partial charge in [-0.15, -0.1) is 0 Å². The van der Waals surface area contributed by atoms with Gasteiger partial charge in [-0.1, -0.05) is 340 Å². The number of rotatable bonds is 65. The van der Waals surface area contributed by atoms with E-state index in [1.54, 1.807) is 6.08 Å². The van der Waals surface area contributed by atoms with Crippen LogP contribution in [0, 0.1) is 0 Å². The van der Waals surface area contributed by atoms with Gasteiger partial charge >= 0.3 is 5.97 Å². The fraction of sp³-hybridized carbons (Fsp3) is 0.914. The maximum atomic E-state index is 12.5. The standard InChI is InChI=1S/C70H135NO5/c1-3-5-7-9-11-13-15-17-19-21-23-27-30-34-38-42-46-50-54-58-62-68(73)67(66-72)71-69(74)63-59-55-51-47-43-39-35-31-28-25-24-26-29-33-37-41-45-49-53-57-61-65-76-70(75)64-60-56-52-48-44-40-36-32-22-20-18-16-14-12-10-8-6-4-2/h25,28,58,62,67-68,72-73H,3-24,26-27,29-57,59-61,63-66H2,1-2H3,(H,71,74)/b28-25-,62-58+. The zero-order valence-corrected chi connectivity index (χ0v) is 51.5. The van der Waals surface area contributed by atoms with E-state index < -0.39 is 12.1 Å². The molecule has 0 saturated heterocycles. The van der Waals surface area contributed by atoms with Crippen LogP contribution in [0.4, 0.5) is 0 Å². The van der Waals surface area contributed by atoms with Gasteiger partial charge in [0.1, 0.15) is 0 Å². The number of ether oxygens (including phenoxy) is 1. The second-order valence-corrected chi connectivity index (χ2v) is 23.9. The summed E-state index contributed by atoms with van der Waals surface area (Å²) in [4.78, 5) is 24.6. The minimum atomic E-state index is -0.850. The predicted octanol–water partition coefficient (Wildman–Crippen LogP) is 22.1. The van der Waals surface area contributed by atoms with Crippen LogP contribution in [-0.4, -0.2) is 47.4 Å². The van der Waals surface area contributed by atoms with E-state index in [4.69, 9.17) is 4.74 Å². The van der Waals surface area contributed by atoms with Crippen molar-refractivity contribution in [1.29, 1.82) is 0 Å². The average Bonchev–Trinajstić information content (AvgIpc) is 3.42. The molecular formula is C70H135NO5. The van der Waals surface area contributed by atoms with Gasteiger partial charge in [0.2, 0.25) is 5.91 Å². The van der Waals surface area contributed by atoms with Gasteiger partial charge in [-0.05, 0) is 57.8 Å². The predicted molar refractivity (Wildman–Crippen MR) is 333 cm³/mol. The molecule has 0 radical (unpaired) electrons. The summed E-state index contributed by atoms with van der Waals surface area (Å²) in [5.74, 6) is -0.0593. The van der Waals surface area contributed by atoms with E-state index in [1.165, 1.54) is 315 Å². The Kier molecular flexibility index (Phi) is 64.4. The maximum Gasteiger partial charge on any atom is 0.305 e. The molecule has 0 bridgehead atoms. The Morgan fingerprint density at radius 3 is 0.934 bits per heavy atom. The molecule has 0 aromatic heterocycles. The highest BCUT2D eigenvalue weighted by molar-refractivity contribution is 5.76. The number of amides is 1. The number of unbranched alkanes of at least 4 members (excludes halogenated alkanes) is 52. The Balaban J connectivity index is 3.43. The van der Waals surface area contributed by atoms with Gasteiger partial charge in [-0.2, -0.15) is 0 Å². The molecule has 6 nitrogen and oxygen atoms in total. The van der Waals surface area contributed by atoms with E-state index in [-0.39, 0.29) is 18.5 Å². The number of esters is 1. The maximum absolute atomic E-state index is 12.5. The van der Waals surface area contributed by atoms with Gasteiger partial charge in [0, 0.05) is 12.8 Å². The summed E-state index contributed by atoms with van der Waals surface area (Å²) in [5.41, 5.74) is 0. The van der Waals surface area contributed by atoms with Crippen LogP contribution in [0.1, 0.15) is 386 Å². The Bertz CT molecular complexity index is 1190. The summed E-state index contributed by atoms with van der Waals surface area (Å²) in [6.45, 7) is 4.94. The molecule has 0 aromatic rings. The van der Waals surface area contributed by atoms with Gasteiger partial charge in [-0.3, -0.25) is 9.59 Å². The molecule has 0 saturated carbocycles. The van der Waals surface area contributed by atoms with Crippen LogP contribution in [0.2, 0.25) is 0 Å². The largest absolute Gasteiger partial charge is 0.466 e. The fourth-order valence-corrected chi connectivity index (χ4v) is 10.9. The van der Waals surface area contributed by atoms with Crippen LogP contribution in [0.15, 0.2) is 24.3 Å². The first-order valence-corrected chi connectivity index (χ1v) is 34.6.